The van der Waals surface area contributed by atoms with Gasteiger partial charge in [-0.3, -0.25) is 14.5 Å². The van der Waals surface area contributed by atoms with Crippen molar-refractivity contribution in [3.63, 3.8) is 0 Å². The molecule has 0 radical (unpaired) electrons. The Morgan fingerprint density at radius 1 is 1.56 bits per heavy atom. The topological polar surface area (TPSA) is 72.7 Å². The number of carbonyl (C=O) groups is 1. The van der Waals surface area contributed by atoms with E-state index in [1.54, 1.807) is 18.1 Å². The molecule has 1 amide bonds. The summed E-state index contributed by atoms with van der Waals surface area (Å²) in [5, 5.41) is 6.67. The highest BCUT2D eigenvalue weighted by atomic mass is 19.1. The average molecular weight is 249 g/mol. The molecule has 0 atom stereocenters. The van der Waals surface area contributed by atoms with E-state index < -0.39 is 11.7 Å². The predicted molar refractivity (Wildman–Crippen MR) is 61.2 cm³/mol. The van der Waals surface area contributed by atoms with Crippen LogP contribution in [0.4, 0.5) is 4.39 Å². The summed E-state index contributed by atoms with van der Waals surface area (Å²) in [6.07, 6.45) is 4.46. The number of hydrogen-bond acceptors (Lipinski definition) is 4. The Morgan fingerprint density at radius 2 is 2.39 bits per heavy atom. The quantitative estimate of drug-likeness (QED) is 0.847. The van der Waals surface area contributed by atoms with Crippen LogP contribution >= 0.6 is 0 Å². The normalized spacial score (nSPS) is 10.3. The van der Waals surface area contributed by atoms with Gasteiger partial charge in [0, 0.05) is 26.2 Å². The lowest BCUT2D eigenvalue weighted by Crippen LogP contribution is -2.26. The van der Waals surface area contributed by atoms with E-state index in [2.05, 4.69) is 20.4 Å². The second-order valence-electron chi connectivity index (χ2n) is 3.70. The Hall–Kier alpha value is -2.31. The molecule has 0 unspecified atom stereocenters. The summed E-state index contributed by atoms with van der Waals surface area (Å²) in [7, 11) is 1.77. The molecule has 2 aromatic rings. The largest absolute Gasteiger partial charge is 0.351 e. The molecule has 0 aliphatic rings. The van der Waals surface area contributed by atoms with Gasteiger partial charge in [-0.2, -0.15) is 5.10 Å². The number of pyridine rings is 1. The number of nitrogens with zero attached hydrogens (tertiary/aromatic N) is 4. The molecule has 0 aliphatic carbocycles. The predicted octanol–water partition coefficient (Wildman–Crippen LogP) is 0.322. The second-order valence-corrected chi connectivity index (χ2v) is 3.70. The fourth-order valence-electron chi connectivity index (χ4n) is 1.44. The Morgan fingerprint density at radius 3 is 3.06 bits per heavy atom. The molecule has 94 valence electrons. The maximum Gasteiger partial charge on any atom is 0.254 e. The highest BCUT2D eigenvalue weighted by Gasteiger charge is 2.10. The molecule has 6 nitrogen and oxygen atoms in total. The second kappa shape index (κ2) is 5.35. The number of rotatable bonds is 4. The molecule has 0 bridgehead atoms. The number of aryl methyl sites for hydroxylation is 1. The van der Waals surface area contributed by atoms with Gasteiger partial charge in [-0.15, -0.1) is 0 Å². The van der Waals surface area contributed by atoms with Crippen molar-refractivity contribution in [2.75, 3.05) is 6.54 Å². The van der Waals surface area contributed by atoms with Gasteiger partial charge in [0.2, 0.25) is 0 Å². The minimum absolute atomic E-state index is 0.0148. The zero-order chi connectivity index (χ0) is 13.0. The summed E-state index contributed by atoms with van der Waals surface area (Å²) in [4.78, 5) is 19.2. The summed E-state index contributed by atoms with van der Waals surface area (Å²) < 4.78 is 14.8. The Labute approximate surface area is 103 Å². The van der Waals surface area contributed by atoms with Gasteiger partial charge in [0.1, 0.15) is 6.33 Å². The van der Waals surface area contributed by atoms with Crippen molar-refractivity contribution in [1.82, 2.24) is 25.1 Å². The number of hydrogen-bond donors (Lipinski definition) is 1. The maximum atomic E-state index is 13.2. The summed E-state index contributed by atoms with van der Waals surface area (Å²) in [5.74, 6) is -0.468. The van der Waals surface area contributed by atoms with Gasteiger partial charge in [0.15, 0.2) is 11.6 Å². The lowest BCUT2D eigenvalue weighted by atomic mass is 10.2. The van der Waals surface area contributed by atoms with Gasteiger partial charge in [0.25, 0.3) is 5.91 Å². The van der Waals surface area contributed by atoms with E-state index in [0.717, 1.165) is 6.20 Å². The summed E-state index contributed by atoms with van der Waals surface area (Å²) in [6, 6.07) is 1.34. The zero-order valence-corrected chi connectivity index (χ0v) is 9.80. The van der Waals surface area contributed by atoms with E-state index in [9.17, 15) is 9.18 Å². The summed E-state index contributed by atoms with van der Waals surface area (Å²) in [6.45, 7) is 0.352. The van der Waals surface area contributed by atoms with Crippen molar-refractivity contribution in [2.24, 2.45) is 7.05 Å². The first-order valence-electron chi connectivity index (χ1n) is 5.39. The van der Waals surface area contributed by atoms with Gasteiger partial charge in [-0.05, 0) is 6.07 Å². The number of aromatic nitrogens is 4. The maximum absolute atomic E-state index is 13.2. The smallest absolute Gasteiger partial charge is 0.254 e. The molecular weight excluding hydrogens is 237 g/mol. The molecule has 18 heavy (non-hydrogen) atoms. The highest BCUT2D eigenvalue weighted by molar-refractivity contribution is 5.94. The van der Waals surface area contributed by atoms with Crippen LogP contribution in [0.2, 0.25) is 0 Å². The molecule has 2 rings (SSSR count). The van der Waals surface area contributed by atoms with Crippen LogP contribution in [0.5, 0.6) is 0 Å². The first-order valence-corrected chi connectivity index (χ1v) is 5.39. The van der Waals surface area contributed by atoms with Crippen molar-refractivity contribution in [3.8, 4) is 0 Å². The molecule has 7 heteroatoms. The SMILES string of the molecule is Cn1cnc(CCNC(=O)c2ccncc2F)n1. The van der Waals surface area contributed by atoms with Crippen molar-refractivity contribution >= 4 is 5.91 Å². The Balaban J connectivity index is 1.87. The molecule has 0 saturated heterocycles. The van der Waals surface area contributed by atoms with Gasteiger partial charge in [-0.1, -0.05) is 0 Å². The molecule has 0 fully saturated rings. The fraction of sp³-hybridized carbons (Fsp3) is 0.273. The van der Waals surface area contributed by atoms with Gasteiger partial charge >= 0.3 is 0 Å². The van der Waals surface area contributed by atoms with Crippen LogP contribution in [-0.4, -0.2) is 32.2 Å². The number of nitrogens with one attached hydrogen (secondary N) is 1. The van der Waals surface area contributed by atoms with Crippen LogP contribution in [0.1, 0.15) is 16.2 Å². The first kappa shape index (κ1) is 12.2. The third kappa shape index (κ3) is 2.88. The van der Waals surface area contributed by atoms with Gasteiger partial charge in [-0.25, -0.2) is 9.37 Å². The van der Waals surface area contributed by atoms with E-state index in [0.29, 0.717) is 18.8 Å². The molecule has 2 aromatic heterocycles. The van der Waals surface area contributed by atoms with Crippen LogP contribution in [0.3, 0.4) is 0 Å². The highest BCUT2D eigenvalue weighted by Crippen LogP contribution is 2.03. The first-order chi connectivity index (χ1) is 8.66. The Bertz CT molecular complexity index is 554. The molecule has 0 aliphatic heterocycles. The van der Waals surface area contributed by atoms with Crippen molar-refractivity contribution in [3.05, 3.63) is 42.0 Å². The monoisotopic (exact) mass is 249 g/mol. The van der Waals surface area contributed by atoms with E-state index in [1.165, 1.54) is 12.3 Å². The van der Waals surface area contributed by atoms with Crippen LogP contribution in [0, 0.1) is 5.82 Å². The van der Waals surface area contributed by atoms with Crippen molar-refractivity contribution in [1.29, 1.82) is 0 Å². The minimum atomic E-state index is -0.633. The van der Waals surface area contributed by atoms with Crippen LogP contribution in [-0.2, 0) is 13.5 Å². The standard InChI is InChI=1S/C11H12FN5O/c1-17-7-15-10(16-17)3-5-14-11(18)8-2-4-13-6-9(8)12/h2,4,6-7H,3,5H2,1H3,(H,14,18). The van der Waals surface area contributed by atoms with E-state index in [4.69, 9.17) is 0 Å². The van der Waals surface area contributed by atoms with Crippen LogP contribution in [0.25, 0.3) is 0 Å². The third-order valence-electron chi connectivity index (χ3n) is 2.30. The molecule has 0 spiro atoms. The molecule has 0 saturated carbocycles. The third-order valence-corrected chi connectivity index (χ3v) is 2.30. The van der Waals surface area contributed by atoms with Gasteiger partial charge < -0.3 is 5.32 Å². The number of carbonyl (C=O) groups excluding carboxylic acids is 1. The lowest BCUT2D eigenvalue weighted by molar-refractivity contribution is 0.0950. The Kier molecular flexibility index (Phi) is 3.61. The minimum Gasteiger partial charge on any atom is -0.351 e. The van der Waals surface area contributed by atoms with E-state index >= 15 is 0 Å². The fourth-order valence-corrected chi connectivity index (χ4v) is 1.44. The van der Waals surface area contributed by atoms with Crippen LogP contribution < -0.4 is 5.32 Å². The van der Waals surface area contributed by atoms with Gasteiger partial charge in [0.05, 0.1) is 11.8 Å². The van der Waals surface area contributed by atoms with E-state index in [1.807, 2.05) is 0 Å². The zero-order valence-electron chi connectivity index (χ0n) is 9.80. The molecule has 0 aromatic carbocycles. The number of halogens is 1. The van der Waals surface area contributed by atoms with E-state index in [-0.39, 0.29) is 5.56 Å². The summed E-state index contributed by atoms with van der Waals surface area (Å²) in [5.41, 5.74) is -0.0148. The summed E-state index contributed by atoms with van der Waals surface area (Å²) >= 11 is 0. The lowest BCUT2D eigenvalue weighted by Gasteiger charge is -2.04. The van der Waals surface area contributed by atoms with Crippen molar-refractivity contribution < 1.29 is 9.18 Å². The number of amides is 1. The van der Waals surface area contributed by atoms with Crippen molar-refractivity contribution in [2.45, 2.75) is 6.42 Å². The molecule has 1 N–H and O–H groups in total. The molecular formula is C11H12FN5O. The van der Waals surface area contributed by atoms with Crippen LogP contribution in [0.15, 0.2) is 24.8 Å². The average Bonchev–Trinajstić information content (AvgIpc) is 2.75. The molecule has 2 heterocycles.